The van der Waals surface area contributed by atoms with Crippen LogP contribution in [-0.2, 0) is 10.0 Å². The third-order valence-corrected chi connectivity index (χ3v) is 3.95. The van der Waals surface area contributed by atoms with Gasteiger partial charge in [-0.2, -0.15) is 0 Å². The number of aromatic nitrogens is 1. The molecule has 16 heavy (non-hydrogen) atoms. The van der Waals surface area contributed by atoms with Crippen molar-refractivity contribution in [2.75, 3.05) is 6.61 Å². The first-order valence-electron chi connectivity index (χ1n) is 4.31. The van der Waals surface area contributed by atoms with Crippen LogP contribution in [0.2, 0.25) is 10.2 Å². The second-order valence-corrected chi connectivity index (χ2v) is 5.63. The molecule has 90 valence electrons. The zero-order chi connectivity index (χ0) is 12.3. The lowest BCUT2D eigenvalue weighted by Crippen LogP contribution is -2.35. The van der Waals surface area contributed by atoms with Gasteiger partial charge in [0.15, 0.2) is 0 Å². The van der Waals surface area contributed by atoms with E-state index >= 15 is 0 Å². The summed E-state index contributed by atoms with van der Waals surface area (Å²) >= 11 is 11.2. The highest BCUT2D eigenvalue weighted by molar-refractivity contribution is 7.89. The van der Waals surface area contributed by atoms with Gasteiger partial charge in [-0.15, -0.1) is 0 Å². The Balaban J connectivity index is 3.03. The number of halogens is 2. The molecule has 1 heterocycles. The van der Waals surface area contributed by atoms with Crippen LogP contribution in [0.4, 0.5) is 0 Å². The molecule has 0 radical (unpaired) electrons. The number of hydrogen-bond acceptors (Lipinski definition) is 4. The highest BCUT2D eigenvalue weighted by atomic mass is 35.5. The van der Waals surface area contributed by atoms with Crippen LogP contribution >= 0.6 is 23.2 Å². The SMILES string of the molecule is CC(CO)NS(=O)(=O)c1cnc(Cl)c(Cl)c1. The summed E-state index contributed by atoms with van der Waals surface area (Å²) in [6.07, 6.45) is 1.10. The lowest BCUT2D eigenvalue weighted by molar-refractivity contribution is 0.265. The Morgan fingerprint density at radius 1 is 1.56 bits per heavy atom. The van der Waals surface area contributed by atoms with Crippen LogP contribution in [0.1, 0.15) is 6.92 Å². The zero-order valence-corrected chi connectivity index (χ0v) is 10.6. The molecular formula is C8H10Cl2N2O3S. The summed E-state index contributed by atoms with van der Waals surface area (Å²) in [6, 6.07) is 0.614. The second kappa shape index (κ2) is 5.29. The molecule has 0 bridgehead atoms. The quantitative estimate of drug-likeness (QED) is 0.810. The van der Waals surface area contributed by atoms with E-state index in [4.69, 9.17) is 28.3 Å². The minimum absolute atomic E-state index is 0.0378. The van der Waals surface area contributed by atoms with Gasteiger partial charge in [-0.1, -0.05) is 23.2 Å². The van der Waals surface area contributed by atoms with Crippen LogP contribution in [0.3, 0.4) is 0 Å². The van der Waals surface area contributed by atoms with E-state index in [0.29, 0.717) is 0 Å². The van der Waals surface area contributed by atoms with Crippen molar-refractivity contribution in [2.24, 2.45) is 0 Å². The summed E-state index contributed by atoms with van der Waals surface area (Å²) in [4.78, 5) is 3.53. The standard InChI is InChI=1S/C8H10Cl2N2O3S/c1-5(4-13)12-16(14,15)6-2-7(9)8(10)11-3-6/h2-3,5,12-13H,4H2,1H3. The minimum Gasteiger partial charge on any atom is -0.395 e. The van der Waals surface area contributed by atoms with Gasteiger partial charge in [0, 0.05) is 12.2 Å². The van der Waals surface area contributed by atoms with E-state index in [2.05, 4.69) is 9.71 Å². The van der Waals surface area contributed by atoms with Gasteiger partial charge in [-0.25, -0.2) is 18.1 Å². The minimum atomic E-state index is -3.73. The Morgan fingerprint density at radius 3 is 2.69 bits per heavy atom. The van der Waals surface area contributed by atoms with Crippen LogP contribution in [0.15, 0.2) is 17.2 Å². The number of pyridine rings is 1. The molecule has 0 fully saturated rings. The summed E-state index contributed by atoms with van der Waals surface area (Å²) in [6.45, 7) is 1.23. The summed E-state index contributed by atoms with van der Waals surface area (Å²) in [5.74, 6) is 0. The van der Waals surface area contributed by atoms with Gasteiger partial charge in [0.1, 0.15) is 10.0 Å². The number of nitrogens with zero attached hydrogens (tertiary/aromatic N) is 1. The molecule has 5 nitrogen and oxygen atoms in total. The summed E-state index contributed by atoms with van der Waals surface area (Å²) in [7, 11) is -3.73. The largest absolute Gasteiger partial charge is 0.395 e. The van der Waals surface area contributed by atoms with Gasteiger partial charge < -0.3 is 5.11 Å². The van der Waals surface area contributed by atoms with Crippen molar-refractivity contribution in [3.05, 3.63) is 22.4 Å². The van der Waals surface area contributed by atoms with Gasteiger partial charge in [-0.3, -0.25) is 0 Å². The average molecular weight is 285 g/mol. The molecule has 0 amide bonds. The van der Waals surface area contributed by atoms with E-state index in [-0.39, 0.29) is 21.7 Å². The first-order chi connectivity index (χ1) is 7.36. The van der Waals surface area contributed by atoms with Crippen molar-refractivity contribution in [1.82, 2.24) is 9.71 Å². The Hall–Kier alpha value is -0.400. The summed E-state index contributed by atoms with van der Waals surface area (Å²) in [5.41, 5.74) is 0. The maximum Gasteiger partial charge on any atom is 0.242 e. The summed E-state index contributed by atoms with van der Waals surface area (Å²) in [5, 5.41) is 8.85. The molecule has 1 unspecified atom stereocenters. The highest BCUT2D eigenvalue weighted by Gasteiger charge is 2.18. The number of hydrogen-bond donors (Lipinski definition) is 2. The molecule has 0 aliphatic heterocycles. The van der Waals surface area contributed by atoms with Crippen molar-refractivity contribution in [1.29, 1.82) is 0 Å². The van der Waals surface area contributed by atoms with Crippen LogP contribution in [0, 0.1) is 0 Å². The van der Waals surface area contributed by atoms with Crippen molar-refractivity contribution >= 4 is 33.2 Å². The lowest BCUT2D eigenvalue weighted by Gasteiger charge is -2.11. The van der Waals surface area contributed by atoms with Gasteiger partial charge in [-0.05, 0) is 13.0 Å². The van der Waals surface area contributed by atoms with Gasteiger partial charge in [0.2, 0.25) is 10.0 Å². The molecule has 1 rings (SSSR count). The molecular weight excluding hydrogens is 275 g/mol. The molecule has 0 aliphatic carbocycles. The van der Waals surface area contributed by atoms with E-state index < -0.39 is 16.1 Å². The fraction of sp³-hybridized carbons (Fsp3) is 0.375. The lowest BCUT2D eigenvalue weighted by atomic mass is 10.4. The number of aliphatic hydroxyl groups is 1. The van der Waals surface area contributed by atoms with Crippen molar-refractivity contribution in [3.8, 4) is 0 Å². The molecule has 2 N–H and O–H groups in total. The molecule has 0 aromatic carbocycles. The molecule has 0 saturated carbocycles. The first kappa shape index (κ1) is 13.7. The van der Waals surface area contributed by atoms with Gasteiger partial charge in [0.25, 0.3) is 0 Å². The first-order valence-corrected chi connectivity index (χ1v) is 6.55. The Bertz CT molecular complexity index is 478. The zero-order valence-electron chi connectivity index (χ0n) is 8.31. The van der Waals surface area contributed by atoms with E-state index in [1.165, 1.54) is 13.0 Å². The van der Waals surface area contributed by atoms with Crippen molar-refractivity contribution in [3.63, 3.8) is 0 Å². The number of nitrogens with one attached hydrogen (secondary N) is 1. The van der Waals surface area contributed by atoms with Crippen LogP contribution < -0.4 is 4.72 Å². The van der Waals surface area contributed by atoms with E-state index in [9.17, 15) is 8.42 Å². The molecule has 1 aromatic rings. The Labute approximate surface area is 103 Å². The van der Waals surface area contributed by atoms with Crippen LogP contribution in [0.5, 0.6) is 0 Å². The molecule has 0 spiro atoms. The second-order valence-electron chi connectivity index (χ2n) is 3.15. The van der Waals surface area contributed by atoms with E-state index in [1.807, 2.05) is 0 Å². The van der Waals surface area contributed by atoms with Crippen molar-refractivity contribution in [2.45, 2.75) is 17.9 Å². The number of aliphatic hydroxyl groups excluding tert-OH is 1. The molecule has 8 heteroatoms. The maximum atomic E-state index is 11.7. The fourth-order valence-electron chi connectivity index (χ4n) is 0.921. The van der Waals surface area contributed by atoms with Crippen molar-refractivity contribution < 1.29 is 13.5 Å². The van der Waals surface area contributed by atoms with Crippen LogP contribution in [-0.4, -0.2) is 31.2 Å². The predicted molar refractivity (Wildman–Crippen MR) is 61.1 cm³/mol. The third kappa shape index (κ3) is 3.29. The monoisotopic (exact) mass is 284 g/mol. The molecule has 1 aromatic heterocycles. The van der Waals surface area contributed by atoms with Crippen LogP contribution in [0.25, 0.3) is 0 Å². The third-order valence-electron chi connectivity index (χ3n) is 1.71. The molecule has 0 aliphatic rings. The normalized spacial score (nSPS) is 13.8. The Morgan fingerprint density at radius 2 is 2.19 bits per heavy atom. The topological polar surface area (TPSA) is 79.3 Å². The molecule has 1 atom stereocenters. The smallest absolute Gasteiger partial charge is 0.242 e. The Kier molecular flexibility index (Phi) is 4.52. The number of rotatable bonds is 4. The summed E-state index contributed by atoms with van der Waals surface area (Å²) < 4.78 is 25.7. The van der Waals surface area contributed by atoms with E-state index in [0.717, 1.165) is 6.20 Å². The average Bonchev–Trinajstić information content (AvgIpc) is 2.21. The maximum absolute atomic E-state index is 11.7. The fourth-order valence-corrected chi connectivity index (χ4v) is 2.46. The van der Waals surface area contributed by atoms with E-state index in [1.54, 1.807) is 0 Å². The molecule has 0 saturated heterocycles. The van der Waals surface area contributed by atoms with Gasteiger partial charge in [0.05, 0.1) is 11.6 Å². The highest BCUT2D eigenvalue weighted by Crippen LogP contribution is 2.22. The predicted octanol–water partition coefficient (Wildman–Crippen LogP) is 1.05. The number of sulfonamides is 1. The van der Waals surface area contributed by atoms with Gasteiger partial charge >= 0.3 is 0 Å².